The van der Waals surface area contributed by atoms with Crippen molar-refractivity contribution in [1.82, 2.24) is 4.57 Å². The first kappa shape index (κ1) is 39.3. The Hall–Kier alpha value is -4.16. The number of aromatic nitrogens is 1. The number of methoxy groups -OCH3 is 3. The molecule has 3 aromatic carbocycles. The maximum absolute atomic E-state index is 13.3. The maximum atomic E-state index is 13.3. The van der Waals surface area contributed by atoms with Gasteiger partial charge in [-0.1, -0.05) is 31.9 Å². The van der Waals surface area contributed by atoms with E-state index in [1.54, 1.807) is 41.0 Å². The van der Waals surface area contributed by atoms with Crippen LogP contribution in [-0.2, 0) is 41.4 Å². The van der Waals surface area contributed by atoms with Crippen LogP contribution >= 0.6 is 31.9 Å². The van der Waals surface area contributed by atoms with E-state index in [-0.39, 0.29) is 35.5 Å². The van der Waals surface area contributed by atoms with E-state index in [1.807, 2.05) is 18.2 Å². The quantitative estimate of drug-likeness (QED) is 0.0719. The molecular weight excluding hydrogens is 765 g/mol. The van der Waals surface area contributed by atoms with Crippen LogP contribution in [0.15, 0.2) is 80.5 Å². The summed E-state index contributed by atoms with van der Waals surface area (Å²) in [6, 6.07) is 18.5. The van der Waals surface area contributed by atoms with Crippen LogP contribution in [0.4, 0.5) is 4.39 Å². The van der Waals surface area contributed by atoms with Gasteiger partial charge in [-0.3, -0.25) is 23.7 Å². The lowest BCUT2D eigenvalue weighted by atomic mass is 9.99. The number of Topliss-reactive ketones (excluding diaryl/α,β-unsaturated/α-hetero) is 1. The van der Waals surface area contributed by atoms with Crippen molar-refractivity contribution in [2.75, 3.05) is 21.3 Å². The summed E-state index contributed by atoms with van der Waals surface area (Å²) >= 11 is 6.77. The third kappa shape index (κ3) is 12.0. The number of carbonyl (C=O) groups is 4. The number of pyridine rings is 1. The summed E-state index contributed by atoms with van der Waals surface area (Å²) < 4.78 is 30.6. The first-order valence-electron chi connectivity index (χ1n) is 15.6. The van der Waals surface area contributed by atoms with E-state index in [9.17, 15) is 28.4 Å². The van der Waals surface area contributed by atoms with Crippen LogP contribution in [0, 0.1) is 5.82 Å². The van der Waals surface area contributed by atoms with E-state index < -0.39 is 5.97 Å². The second-order valence-corrected chi connectivity index (χ2v) is 12.9. The molecule has 0 spiro atoms. The summed E-state index contributed by atoms with van der Waals surface area (Å²) in [6.45, 7) is 0. The van der Waals surface area contributed by atoms with Gasteiger partial charge < -0.3 is 14.2 Å². The zero-order valence-electron chi connectivity index (χ0n) is 27.6. The van der Waals surface area contributed by atoms with Gasteiger partial charge in [0, 0.05) is 51.4 Å². The number of ketones is 1. The van der Waals surface area contributed by atoms with Crippen molar-refractivity contribution in [3.8, 4) is 5.69 Å². The molecule has 4 aromatic rings. The molecule has 260 valence electrons. The molecule has 0 saturated heterocycles. The Kier molecular flexibility index (Phi) is 15.8. The molecule has 0 aliphatic rings. The Morgan fingerprint density at radius 1 is 0.714 bits per heavy atom. The van der Waals surface area contributed by atoms with E-state index in [1.165, 1.54) is 33.5 Å². The van der Waals surface area contributed by atoms with Gasteiger partial charge in [0.1, 0.15) is 11.6 Å². The molecule has 49 heavy (non-hydrogen) atoms. The van der Waals surface area contributed by atoms with Crippen molar-refractivity contribution in [3.05, 3.63) is 109 Å². The molecule has 0 radical (unpaired) electrons. The third-order valence-corrected chi connectivity index (χ3v) is 8.59. The van der Waals surface area contributed by atoms with Crippen molar-refractivity contribution in [1.29, 1.82) is 0 Å². The van der Waals surface area contributed by atoms with Crippen LogP contribution in [0.3, 0.4) is 0 Å². The van der Waals surface area contributed by atoms with Crippen molar-refractivity contribution in [2.45, 2.75) is 57.8 Å². The van der Waals surface area contributed by atoms with E-state index >= 15 is 0 Å². The summed E-state index contributed by atoms with van der Waals surface area (Å²) in [5, 5.41) is 1.44. The highest BCUT2D eigenvalue weighted by atomic mass is 79.9. The standard InChI is InChI=1S/C21H19BrFNO3.C16H19BrO5/c1-27-20(25)5-3-2-4-18-13-14-12-15(22)6-11-19(14)21(26)24(18)17-9-7-16(23)8-10-17;1-21-15(19)6-4-3-5-13(18)10-11-9-12(17)7-8-14(11)16(20)22-2/h6-13H,2-5H2,1H3;7-9H,3-6,10H2,1-2H3. The Bertz CT molecular complexity index is 1840. The van der Waals surface area contributed by atoms with Crippen molar-refractivity contribution in [2.24, 2.45) is 0 Å². The molecule has 0 N–H and O–H groups in total. The highest BCUT2D eigenvalue weighted by Gasteiger charge is 2.16. The number of fused-ring (bicyclic) bond motifs is 1. The van der Waals surface area contributed by atoms with Gasteiger partial charge in [-0.05, 0) is 110 Å². The number of halogens is 3. The number of rotatable bonds is 14. The first-order chi connectivity index (χ1) is 23.5. The Morgan fingerprint density at radius 2 is 1.31 bits per heavy atom. The average Bonchev–Trinajstić information content (AvgIpc) is 3.09. The molecule has 0 bridgehead atoms. The first-order valence-corrected chi connectivity index (χ1v) is 17.2. The van der Waals surface area contributed by atoms with Gasteiger partial charge in [-0.2, -0.15) is 0 Å². The minimum Gasteiger partial charge on any atom is -0.469 e. The highest BCUT2D eigenvalue weighted by Crippen LogP contribution is 2.22. The minimum atomic E-state index is -0.457. The molecule has 1 aromatic heterocycles. The SMILES string of the molecule is COC(=O)CCCCC(=O)Cc1cc(Br)ccc1C(=O)OC.COC(=O)CCCCc1cc2cc(Br)ccc2c(=O)n1-c1ccc(F)cc1. The fraction of sp³-hybridized carbons (Fsp3) is 0.324. The lowest BCUT2D eigenvalue weighted by Crippen LogP contribution is -2.22. The predicted octanol–water partition coefficient (Wildman–Crippen LogP) is 7.86. The van der Waals surface area contributed by atoms with Crippen LogP contribution < -0.4 is 5.56 Å². The van der Waals surface area contributed by atoms with Crippen molar-refractivity contribution >= 4 is 66.3 Å². The van der Waals surface area contributed by atoms with E-state index in [2.05, 4.69) is 41.3 Å². The number of hydrogen-bond acceptors (Lipinski definition) is 8. The van der Waals surface area contributed by atoms with Gasteiger partial charge in [0.25, 0.3) is 5.56 Å². The molecule has 9 nitrogen and oxygen atoms in total. The summed E-state index contributed by atoms with van der Waals surface area (Å²) in [5.41, 5.74) is 2.33. The zero-order valence-corrected chi connectivity index (χ0v) is 30.7. The molecule has 0 aliphatic heterocycles. The van der Waals surface area contributed by atoms with E-state index in [0.29, 0.717) is 67.1 Å². The van der Waals surface area contributed by atoms with Gasteiger partial charge in [0.05, 0.1) is 26.9 Å². The molecule has 12 heteroatoms. The fourth-order valence-corrected chi connectivity index (χ4v) is 5.88. The largest absolute Gasteiger partial charge is 0.469 e. The summed E-state index contributed by atoms with van der Waals surface area (Å²) in [5.74, 6) is -1.30. The number of nitrogens with zero attached hydrogens (tertiary/aromatic N) is 1. The molecule has 1 heterocycles. The molecule has 0 amide bonds. The smallest absolute Gasteiger partial charge is 0.338 e. The van der Waals surface area contributed by atoms with Crippen molar-refractivity contribution in [3.63, 3.8) is 0 Å². The highest BCUT2D eigenvalue weighted by molar-refractivity contribution is 9.10. The van der Waals surface area contributed by atoms with Crippen LogP contribution in [-0.4, -0.2) is 49.6 Å². The van der Waals surface area contributed by atoms with Crippen LogP contribution in [0.25, 0.3) is 16.5 Å². The van der Waals surface area contributed by atoms with Crippen LogP contribution in [0.5, 0.6) is 0 Å². The molecule has 0 unspecified atom stereocenters. The molecule has 0 atom stereocenters. The average molecular weight is 804 g/mol. The number of benzene rings is 3. The summed E-state index contributed by atoms with van der Waals surface area (Å²) in [4.78, 5) is 59.1. The minimum absolute atomic E-state index is 0.0214. The van der Waals surface area contributed by atoms with Gasteiger partial charge in [0.2, 0.25) is 0 Å². The second-order valence-electron chi connectivity index (χ2n) is 11.1. The molecule has 4 rings (SSSR count). The Balaban J connectivity index is 0.000000272. The number of carbonyl (C=O) groups excluding carboxylic acids is 4. The van der Waals surface area contributed by atoms with Crippen molar-refractivity contribution < 1.29 is 37.8 Å². The topological polar surface area (TPSA) is 118 Å². The molecule has 0 fully saturated rings. The third-order valence-electron chi connectivity index (χ3n) is 7.61. The summed E-state index contributed by atoms with van der Waals surface area (Å²) in [6.07, 6.45) is 4.44. The van der Waals surface area contributed by atoms with Gasteiger partial charge in [-0.15, -0.1) is 0 Å². The number of hydrogen-bond donors (Lipinski definition) is 0. The number of aryl methyl sites for hydroxylation is 1. The van der Waals surface area contributed by atoms with E-state index in [4.69, 9.17) is 4.74 Å². The van der Waals surface area contributed by atoms with Crippen LogP contribution in [0.1, 0.15) is 66.6 Å². The van der Waals surface area contributed by atoms with E-state index in [0.717, 1.165) is 26.4 Å². The second kappa shape index (κ2) is 19.7. The normalized spacial score (nSPS) is 10.6. The van der Waals surface area contributed by atoms with Crippen LogP contribution in [0.2, 0.25) is 0 Å². The number of esters is 3. The summed E-state index contributed by atoms with van der Waals surface area (Å²) in [7, 11) is 4.02. The Morgan fingerprint density at radius 3 is 1.94 bits per heavy atom. The molecule has 0 saturated carbocycles. The number of unbranched alkanes of at least 4 members (excludes halogenated alkanes) is 2. The Labute approximate surface area is 301 Å². The fourth-order valence-electron chi connectivity index (χ4n) is 5.09. The lowest BCUT2D eigenvalue weighted by molar-refractivity contribution is -0.141. The van der Waals surface area contributed by atoms with Gasteiger partial charge >= 0.3 is 17.9 Å². The monoisotopic (exact) mass is 801 g/mol. The lowest BCUT2D eigenvalue weighted by Gasteiger charge is -2.15. The maximum Gasteiger partial charge on any atom is 0.338 e. The molecular formula is C37H38Br2FNO8. The van der Waals surface area contributed by atoms with Gasteiger partial charge in [-0.25, -0.2) is 9.18 Å². The number of ether oxygens (including phenoxy) is 3. The van der Waals surface area contributed by atoms with Gasteiger partial charge in [0.15, 0.2) is 0 Å². The zero-order chi connectivity index (χ0) is 35.9. The predicted molar refractivity (Wildman–Crippen MR) is 191 cm³/mol. The molecule has 0 aliphatic carbocycles.